The molecule has 5 rings (SSSR count). The van der Waals surface area contributed by atoms with Gasteiger partial charge in [0, 0.05) is 16.6 Å². The number of fused-ring (bicyclic) bond motifs is 5. The maximum Gasteiger partial charge on any atom is 0.235 e. The highest BCUT2D eigenvalue weighted by atomic mass is 79.9. The van der Waals surface area contributed by atoms with Gasteiger partial charge in [-0.3, -0.25) is 24.3 Å². The Balaban J connectivity index is 1.65. The molecule has 4 unspecified atom stereocenters. The Morgan fingerprint density at radius 1 is 1.03 bits per heavy atom. The van der Waals surface area contributed by atoms with Crippen LogP contribution in [-0.2, 0) is 9.59 Å². The maximum absolute atomic E-state index is 13.5. The predicted octanol–water partition coefficient (Wildman–Crippen LogP) is 3.03. The molecule has 29 heavy (non-hydrogen) atoms. The Labute approximate surface area is 176 Å². The number of likely N-dealkylation sites (tertiary alicyclic amines) is 1. The van der Waals surface area contributed by atoms with Crippen LogP contribution < -0.4 is 0 Å². The minimum atomic E-state index is -0.802. The predicted molar refractivity (Wildman–Crippen MR) is 110 cm³/mol. The molecule has 146 valence electrons. The Morgan fingerprint density at radius 3 is 2.45 bits per heavy atom. The number of carbonyl (C=O) groups is 3. The number of imide groups is 1. The molecule has 3 aliphatic rings. The third-order valence-electron chi connectivity index (χ3n) is 6.10. The molecule has 6 nitrogen and oxygen atoms in total. The van der Waals surface area contributed by atoms with Crippen LogP contribution in [0.3, 0.4) is 0 Å². The van der Waals surface area contributed by atoms with E-state index < -0.39 is 23.9 Å². The van der Waals surface area contributed by atoms with Crippen molar-refractivity contribution >= 4 is 39.7 Å². The number of amides is 2. The van der Waals surface area contributed by atoms with Crippen molar-refractivity contribution in [2.45, 2.75) is 19.0 Å². The van der Waals surface area contributed by atoms with E-state index in [4.69, 9.17) is 0 Å². The van der Waals surface area contributed by atoms with Gasteiger partial charge in [0.15, 0.2) is 5.78 Å². The summed E-state index contributed by atoms with van der Waals surface area (Å²) < 4.78 is 0.866. The number of rotatable bonds is 3. The lowest BCUT2D eigenvalue weighted by Crippen LogP contribution is -2.44. The number of halogens is 1. The highest BCUT2D eigenvalue weighted by Gasteiger charge is 2.64. The van der Waals surface area contributed by atoms with Crippen molar-refractivity contribution < 1.29 is 14.4 Å². The zero-order valence-corrected chi connectivity index (χ0v) is 17.2. The number of ketones is 1. The fraction of sp³-hybridized carbons (Fsp3) is 0.273. The van der Waals surface area contributed by atoms with Gasteiger partial charge >= 0.3 is 0 Å². The molecule has 2 amide bonds. The molecule has 0 saturated carbocycles. The number of carbonyl (C=O) groups excluding carboxylic acids is 3. The van der Waals surface area contributed by atoms with Crippen LogP contribution in [0, 0.1) is 11.8 Å². The normalized spacial score (nSPS) is 27.1. The topological polar surface area (TPSA) is 70.1 Å². The van der Waals surface area contributed by atoms with Crippen molar-refractivity contribution in [3.63, 3.8) is 0 Å². The number of benzene rings is 2. The lowest BCUT2D eigenvalue weighted by Gasteiger charge is -2.33. The largest absolute Gasteiger partial charge is 0.292 e. The zero-order chi connectivity index (χ0) is 20.3. The highest BCUT2D eigenvalue weighted by molar-refractivity contribution is 9.10. The standard InChI is InChI=1S/C22H18BrN3O3/c1-2-25-21(28)16-17(22(25)29)19(20(27)12-7-9-14(23)10-8-12)26-18(16)15-6-4-3-5-13(15)11-24-26/h3-11,16-19H,2H2,1H3. The quantitative estimate of drug-likeness (QED) is 0.531. The van der Waals surface area contributed by atoms with Gasteiger partial charge in [0.2, 0.25) is 11.8 Å². The van der Waals surface area contributed by atoms with Crippen molar-refractivity contribution in [2.24, 2.45) is 16.9 Å². The summed E-state index contributed by atoms with van der Waals surface area (Å²) in [5, 5.41) is 6.22. The molecule has 0 aliphatic carbocycles. The Kier molecular flexibility index (Phi) is 4.17. The smallest absolute Gasteiger partial charge is 0.235 e. The first-order chi connectivity index (χ1) is 14.0. The van der Waals surface area contributed by atoms with Crippen molar-refractivity contribution in [3.05, 3.63) is 69.7 Å². The minimum absolute atomic E-state index is 0.189. The molecule has 2 fully saturated rings. The maximum atomic E-state index is 13.5. The van der Waals surface area contributed by atoms with Crippen LogP contribution in [0.25, 0.3) is 0 Å². The fourth-order valence-electron chi connectivity index (χ4n) is 4.83. The molecule has 2 saturated heterocycles. The van der Waals surface area contributed by atoms with Gasteiger partial charge in [-0.2, -0.15) is 5.10 Å². The molecular formula is C22H18BrN3O3. The summed E-state index contributed by atoms with van der Waals surface area (Å²) >= 11 is 3.38. The van der Waals surface area contributed by atoms with Gasteiger partial charge in [-0.05, 0) is 30.2 Å². The van der Waals surface area contributed by atoms with Gasteiger partial charge in [0.05, 0.1) is 24.1 Å². The molecule has 7 heteroatoms. The van der Waals surface area contributed by atoms with E-state index in [9.17, 15) is 14.4 Å². The molecule has 2 aromatic carbocycles. The lowest BCUT2D eigenvalue weighted by atomic mass is 9.83. The van der Waals surface area contributed by atoms with Gasteiger partial charge in [0.1, 0.15) is 6.04 Å². The third kappa shape index (κ3) is 2.53. The Bertz CT molecular complexity index is 1070. The van der Waals surface area contributed by atoms with Crippen LogP contribution >= 0.6 is 15.9 Å². The third-order valence-corrected chi connectivity index (χ3v) is 6.63. The number of hydrogen-bond acceptors (Lipinski definition) is 5. The average molecular weight is 452 g/mol. The summed E-state index contributed by atoms with van der Waals surface area (Å²) in [7, 11) is 0. The van der Waals surface area contributed by atoms with Gasteiger partial charge in [0.25, 0.3) is 0 Å². The van der Waals surface area contributed by atoms with Crippen LogP contribution in [0.2, 0.25) is 0 Å². The highest BCUT2D eigenvalue weighted by Crippen LogP contribution is 2.52. The first kappa shape index (κ1) is 18.2. The molecular weight excluding hydrogens is 434 g/mol. The van der Waals surface area contributed by atoms with E-state index in [1.165, 1.54) is 4.90 Å². The van der Waals surface area contributed by atoms with E-state index in [0.29, 0.717) is 12.1 Å². The summed E-state index contributed by atoms with van der Waals surface area (Å²) in [5.74, 6) is -2.02. The van der Waals surface area contributed by atoms with Gasteiger partial charge in [-0.1, -0.05) is 52.3 Å². The Hall–Kier alpha value is -2.80. The molecule has 0 spiro atoms. The van der Waals surface area contributed by atoms with E-state index in [1.807, 2.05) is 24.3 Å². The molecule has 0 aromatic heterocycles. The molecule has 0 bridgehead atoms. The van der Waals surface area contributed by atoms with Gasteiger partial charge in [-0.25, -0.2) is 0 Å². The van der Waals surface area contributed by atoms with E-state index in [0.717, 1.165) is 15.6 Å². The minimum Gasteiger partial charge on any atom is -0.292 e. The number of hydrogen-bond donors (Lipinski definition) is 0. The molecule has 4 atom stereocenters. The van der Waals surface area contributed by atoms with Crippen molar-refractivity contribution in [1.29, 1.82) is 0 Å². The summed E-state index contributed by atoms with van der Waals surface area (Å²) in [4.78, 5) is 41.1. The molecule has 0 radical (unpaired) electrons. The lowest BCUT2D eigenvalue weighted by molar-refractivity contribution is -0.141. The monoisotopic (exact) mass is 451 g/mol. The molecule has 3 aliphatic heterocycles. The first-order valence-electron chi connectivity index (χ1n) is 9.59. The zero-order valence-electron chi connectivity index (χ0n) is 15.7. The van der Waals surface area contributed by atoms with E-state index in [1.54, 1.807) is 42.4 Å². The van der Waals surface area contributed by atoms with Crippen LogP contribution in [0.15, 0.2) is 58.1 Å². The number of Topliss-reactive ketones (excluding diaryl/α,β-unsaturated/α-hetero) is 1. The van der Waals surface area contributed by atoms with Gasteiger partial charge in [-0.15, -0.1) is 0 Å². The van der Waals surface area contributed by atoms with Crippen LogP contribution in [0.1, 0.15) is 34.5 Å². The second kappa shape index (κ2) is 6.62. The second-order valence-corrected chi connectivity index (χ2v) is 8.40. The fourth-order valence-corrected chi connectivity index (χ4v) is 5.09. The van der Waals surface area contributed by atoms with Crippen LogP contribution in [0.5, 0.6) is 0 Å². The Morgan fingerprint density at radius 2 is 1.72 bits per heavy atom. The van der Waals surface area contributed by atoms with Crippen molar-refractivity contribution in [3.8, 4) is 0 Å². The van der Waals surface area contributed by atoms with Crippen LogP contribution in [-0.4, -0.2) is 46.3 Å². The molecule has 3 heterocycles. The SMILES string of the molecule is CCN1C(=O)C2C(C1=O)C1c3ccccc3C=NN1C2C(=O)c1ccc(Br)cc1. The summed E-state index contributed by atoms with van der Waals surface area (Å²) in [6, 6.07) is 13.6. The summed E-state index contributed by atoms with van der Waals surface area (Å²) in [5.41, 5.74) is 2.35. The first-order valence-corrected chi connectivity index (χ1v) is 10.4. The van der Waals surface area contributed by atoms with Crippen LogP contribution in [0.4, 0.5) is 0 Å². The molecule has 0 N–H and O–H groups in total. The summed E-state index contributed by atoms with van der Waals surface area (Å²) in [6.07, 6.45) is 1.71. The van der Waals surface area contributed by atoms with Crippen molar-refractivity contribution in [2.75, 3.05) is 6.54 Å². The average Bonchev–Trinajstić information content (AvgIpc) is 3.21. The number of hydrazone groups is 1. The van der Waals surface area contributed by atoms with E-state index >= 15 is 0 Å². The van der Waals surface area contributed by atoms with E-state index in [2.05, 4.69) is 21.0 Å². The molecule has 2 aromatic rings. The summed E-state index contributed by atoms with van der Waals surface area (Å²) in [6.45, 7) is 2.09. The van der Waals surface area contributed by atoms with Crippen molar-refractivity contribution in [1.82, 2.24) is 9.91 Å². The van der Waals surface area contributed by atoms with Gasteiger partial charge < -0.3 is 0 Å². The number of nitrogens with zero attached hydrogens (tertiary/aromatic N) is 3. The second-order valence-electron chi connectivity index (χ2n) is 7.49. The van der Waals surface area contributed by atoms with E-state index in [-0.39, 0.29) is 17.6 Å².